The summed E-state index contributed by atoms with van der Waals surface area (Å²) in [5.41, 5.74) is 8.60. The summed E-state index contributed by atoms with van der Waals surface area (Å²) in [5, 5.41) is 23.3. The molecule has 12 nitrogen and oxygen atoms in total. The topological polar surface area (TPSA) is 162 Å². The number of aliphatic hydroxyl groups excluding tert-OH is 1. The number of nitrogens with zero attached hydrogens (tertiary/aromatic N) is 4. The Kier molecular flexibility index (Phi) is 7.13. The highest BCUT2D eigenvalue weighted by atomic mass is 16.6. The number of ether oxygens (including phenoxy) is 1. The van der Waals surface area contributed by atoms with Gasteiger partial charge in [-0.3, -0.25) is 13.9 Å². The van der Waals surface area contributed by atoms with Crippen LogP contribution in [-0.2, 0) is 20.6 Å². The third kappa shape index (κ3) is 5.34. The van der Waals surface area contributed by atoms with E-state index in [0.29, 0.717) is 30.9 Å². The molecule has 0 saturated heterocycles. The van der Waals surface area contributed by atoms with Gasteiger partial charge in [0.1, 0.15) is 18.5 Å². The summed E-state index contributed by atoms with van der Waals surface area (Å²) in [6, 6.07) is 12.9. The van der Waals surface area contributed by atoms with Crippen LogP contribution in [0.25, 0.3) is 11.0 Å². The Hall–Kier alpha value is -4.16. The molecule has 0 aliphatic carbocycles. The minimum absolute atomic E-state index is 0.0306. The predicted molar refractivity (Wildman–Crippen MR) is 128 cm³/mol. The molecular formula is C23H27N7O5. The number of fused-ring (bicyclic) bond motifs is 1. The Morgan fingerprint density at radius 2 is 1.86 bits per heavy atom. The van der Waals surface area contributed by atoms with Crippen LogP contribution in [0, 0.1) is 0 Å². The van der Waals surface area contributed by atoms with Crippen LogP contribution in [0.2, 0.25) is 0 Å². The highest BCUT2D eigenvalue weighted by Gasteiger charge is 2.15. The monoisotopic (exact) mass is 481 g/mol. The second-order valence-corrected chi connectivity index (χ2v) is 8.05. The van der Waals surface area contributed by atoms with Crippen LogP contribution < -0.4 is 26.8 Å². The van der Waals surface area contributed by atoms with Crippen LogP contribution in [-0.4, -0.2) is 50.2 Å². The molecule has 2 aromatic carbocycles. The van der Waals surface area contributed by atoms with E-state index in [0.717, 1.165) is 16.6 Å². The molecular weight excluding hydrogens is 454 g/mol. The Bertz CT molecular complexity index is 1370. The number of aliphatic hydroxyl groups is 1. The van der Waals surface area contributed by atoms with Crippen molar-refractivity contribution in [3.8, 4) is 5.75 Å². The third-order valence-corrected chi connectivity index (χ3v) is 5.66. The zero-order valence-corrected chi connectivity index (χ0v) is 19.4. The summed E-state index contributed by atoms with van der Waals surface area (Å²) in [5.74, 6) is 0.142. The van der Waals surface area contributed by atoms with Crippen molar-refractivity contribution in [1.29, 1.82) is 0 Å². The molecule has 0 fully saturated rings. The molecule has 2 aromatic heterocycles. The fourth-order valence-electron chi connectivity index (χ4n) is 3.64. The lowest BCUT2D eigenvalue weighted by molar-refractivity contribution is 0.0944. The number of imidazole rings is 1. The summed E-state index contributed by atoms with van der Waals surface area (Å²) in [4.78, 5) is 24.0. The maximum atomic E-state index is 12.1. The highest BCUT2D eigenvalue weighted by molar-refractivity contribution is 5.95. The summed E-state index contributed by atoms with van der Waals surface area (Å²) >= 11 is 0. The number of anilines is 1. The molecule has 12 heteroatoms. The van der Waals surface area contributed by atoms with Gasteiger partial charge in [-0.15, -0.1) is 0 Å². The van der Waals surface area contributed by atoms with Gasteiger partial charge in [0.25, 0.3) is 5.91 Å². The first-order valence-electron chi connectivity index (χ1n) is 11.0. The van der Waals surface area contributed by atoms with Gasteiger partial charge in [0.15, 0.2) is 0 Å². The largest absolute Gasteiger partial charge is 0.491 e. The molecule has 0 aliphatic rings. The maximum Gasteiger partial charge on any atom is 0.328 e. The predicted octanol–water partition coefficient (Wildman–Crippen LogP) is 0.474. The SMILES string of the molecule is Cn1c(=O)n(C)c2cc([C@H](O)COc3ccc(CNCCNC(=O)c4nonc4N)cc3)ccc21. The maximum absolute atomic E-state index is 12.1. The van der Waals surface area contributed by atoms with Crippen molar-refractivity contribution in [2.75, 3.05) is 25.4 Å². The summed E-state index contributed by atoms with van der Waals surface area (Å²) in [6.07, 6.45) is -0.838. The minimum atomic E-state index is -0.838. The normalized spacial score (nSPS) is 12.1. The van der Waals surface area contributed by atoms with Crippen LogP contribution in [0.1, 0.15) is 27.7 Å². The highest BCUT2D eigenvalue weighted by Crippen LogP contribution is 2.21. The first-order valence-corrected chi connectivity index (χ1v) is 11.0. The van der Waals surface area contributed by atoms with Crippen molar-refractivity contribution in [3.05, 3.63) is 69.8 Å². The minimum Gasteiger partial charge on any atom is -0.491 e. The molecule has 0 unspecified atom stereocenters. The number of benzene rings is 2. The van der Waals surface area contributed by atoms with Gasteiger partial charge in [-0.2, -0.15) is 0 Å². The van der Waals surface area contributed by atoms with Crippen LogP contribution in [0.3, 0.4) is 0 Å². The van der Waals surface area contributed by atoms with Crippen molar-refractivity contribution in [3.63, 3.8) is 0 Å². The zero-order chi connectivity index (χ0) is 24.9. The lowest BCUT2D eigenvalue weighted by atomic mass is 10.1. The molecule has 2 heterocycles. The van der Waals surface area contributed by atoms with Gasteiger partial charge in [-0.05, 0) is 45.7 Å². The molecule has 0 aliphatic heterocycles. The van der Waals surface area contributed by atoms with Gasteiger partial charge in [0, 0.05) is 33.7 Å². The molecule has 4 rings (SSSR count). The Labute approximate surface area is 200 Å². The Morgan fingerprint density at radius 3 is 2.57 bits per heavy atom. The number of carbonyl (C=O) groups is 1. The van der Waals surface area contributed by atoms with Crippen molar-refractivity contribution < 1.29 is 19.3 Å². The summed E-state index contributed by atoms with van der Waals surface area (Å²) < 4.78 is 13.3. The second kappa shape index (κ2) is 10.4. The quantitative estimate of drug-likeness (QED) is 0.236. The van der Waals surface area contributed by atoms with Crippen molar-refractivity contribution in [1.82, 2.24) is 30.1 Å². The van der Waals surface area contributed by atoms with Crippen LogP contribution in [0.4, 0.5) is 5.82 Å². The average Bonchev–Trinajstić information content (AvgIpc) is 3.39. The van der Waals surface area contributed by atoms with E-state index < -0.39 is 12.0 Å². The number of hydrogen-bond donors (Lipinski definition) is 4. The molecule has 0 bridgehead atoms. The molecule has 1 amide bonds. The number of hydrogen-bond acceptors (Lipinski definition) is 9. The molecule has 184 valence electrons. The van der Waals surface area contributed by atoms with Crippen LogP contribution in [0.15, 0.2) is 51.9 Å². The number of nitrogens with one attached hydrogen (secondary N) is 2. The molecule has 35 heavy (non-hydrogen) atoms. The molecule has 1 atom stereocenters. The fraction of sp³-hybridized carbons (Fsp3) is 0.304. The lowest BCUT2D eigenvalue weighted by Crippen LogP contribution is -2.32. The van der Waals surface area contributed by atoms with Crippen molar-refractivity contribution in [2.24, 2.45) is 14.1 Å². The number of carbonyl (C=O) groups excluding carboxylic acids is 1. The lowest BCUT2D eigenvalue weighted by Gasteiger charge is -2.14. The van der Waals surface area contributed by atoms with Gasteiger partial charge in [-0.1, -0.05) is 18.2 Å². The molecule has 0 radical (unpaired) electrons. The van der Waals surface area contributed by atoms with Crippen LogP contribution in [0.5, 0.6) is 5.75 Å². The molecule has 5 N–H and O–H groups in total. The first kappa shape index (κ1) is 24.0. The number of aryl methyl sites for hydroxylation is 2. The van der Waals surface area contributed by atoms with Crippen molar-refractivity contribution in [2.45, 2.75) is 12.6 Å². The van der Waals surface area contributed by atoms with Crippen molar-refractivity contribution >= 4 is 22.8 Å². The smallest absolute Gasteiger partial charge is 0.328 e. The molecule has 0 saturated carbocycles. The Morgan fingerprint density at radius 1 is 1.11 bits per heavy atom. The average molecular weight is 482 g/mol. The number of amides is 1. The number of nitrogen functional groups attached to an aromatic ring is 1. The zero-order valence-electron chi connectivity index (χ0n) is 19.4. The van der Waals surface area contributed by atoms with Gasteiger partial charge in [0.05, 0.1) is 11.0 Å². The van der Waals surface area contributed by atoms with Gasteiger partial charge < -0.3 is 26.2 Å². The standard InChI is InChI=1S/C23H27N7O5/c1-29-17-8-5-15(11-18(17)30(2)23(29)33)19(31)13-34-16-6-3-14(4-7-16)12-25-9-10-26-22(32)20-21(24)28-35-27-20/h3-8,11,19,25,31H,9-10,12-13H2,1-2H3,(H2,24,28)(H,26,32)/t19-/m1/s1. The van der Waals surface area contributed by atoms with Crippen LogP contribution >= 0.6 is 0 Å². The first-order chi connectivity index (χ1) is 16.8. The van der Waals surface area contributed by atoms with E-state index in [9.17, 15) is 14.7 Å². The molecule has 0 spiro atoms. The van der Waals surface area contributed by atoms with E-state index >= 15 is 0 Å². The van der Waals surface area contributed by atoms with E-state index in [2.05, 4.69) is 25.6 Å². The summed E-state index contributed by atoms with van der Waals surface area (Å²) in [6.45, 7) is 1.60. The summed E-state index contributed by atoms with van der Waals surface area (Å²) in [7, 11) is 3.42. The number of aromatic nitrogens is 4. The molecule has 4 aromatic rings. The van der Waals surface area contributed by atoms with E-state index in [1.54, 1.807) is 35.4 Å². The van der Waals surface area contributed by atoms with E-state index in [4.69, 9.17) is 10.5 Å². The van der Waals surface area contributed by atoms with Gasteiger partial charge in [0.2, 0.25) is 11.5 Å². The third-order valence-electron chi connectivity index (χ3n) is 5.66. The van der Waals surface area contributed by atoms with E-state index in [1.165, 1.54) is 0 Å². The second-order valence-electron chi connectivity index (χ2n) is 8.05. The van der Waals surface area contributed by atoms with E-state index in [1.807, 2.05) is 30.3 Å². The number of rotatable bonds is 10. The Balaban J connectivity index is 1.21. The fourth-order valence-corrected chi connectivity index (χ4v) is 3.64. The van der Waals surface area contributed by atoms with Gasteiger partial charge >= 0.3 is 5.69 Å². The number of nitrogens with two attached hydrogens (primary N) is 1. The van der Waals surface area contributed by atoms with Gasteiger partial charge in [-0.25, -0.2) is 9.42 Å². The van der Waals surface area contributed by atoms with E-state index in [-0.39, 0.29) is 23.8 Å².